The molecule has 0 radical (unpaired) electrons. The molecule has 0 saturated carbocycles. The van der Waals surface area contributed by atoms with Gasteiger partial charge in [0.05, 0.1) is 0 Å². The zero-order valence-corrected chi connectivity index (χ0v) is 9.60. The van der Waals surface area contributed by atoms with Crippen molar-refractivity contribution in [3.05, 3.63) is 65.3 Å². The lowest BCUT2D eigenvalue weighted by Crippen LogP contribution is -2.17. The Labute approximate surface area is 95.4 Å². The first kappa shape index (κ1) is 12.0. The Morgan fingerprint density at radius 1 is 1.50 bits per heavy atom. The summed E-state index contributed by atoms with van der Waals surface area (Å²) >= 11 is 0. The third-order valence-electron chi connectivity index (χ3n) is 2.05. The smallest absolute Gasteiger partial charge is 0.255 e. The van der Waals surface area contributed by atoms with E-state index in [4.69, 9.17) is 0 Å². The molecule has 1 aromatic rings. The molecular weight excluding hydrogens is 200 g/mol. The number of aromatic nitrogens is 1. The molecule has 1 N–H and O–H groups in total. The number of nitrogens with one attached hydrogen (secondary N) is 1. The van der Waals surface area contributed by atoms with Gasteiger partial charge >= 0.3 is 0 Å². The minimum Gasteiger partial charge on any atom is -0.394 e. The van der Waals surface area contributed by atoms with E-state index in [1.54, 1.807) is 48.3 Å². The first-order chi connectivity index (χ1) is 7.69. The average Bonchev–Trinajstić information content (AvgIpc) is 2.28. The lowest BCUT2D eigenvalue weighted by molar-refractivity contribution is 1.00. The maximum atomic E-state index is 11.7. The molecule has 16 heavy (non-hydrogen) atoms. The Morgan fingerprint density at radius 3 is 2.88 bits per heavy atom. The van der Waals surface area contributed by atoms with E-state index in [0.717, 1.165) is 11.3 Å². The van der Waals surface area contributed by atoms with Crippen molar-refractivity contribution in [3.8, 4) is 0 Å². The normalized spacial score (nSPS) is 11.8. The van der Waals surface area contributed by atoms with Gasteiger partial charge < -0.3 is 5.32 Å². The quantitative estimate of drug-likeness (QED) is 0.780. The highest BCUT2D eigenvalue weighted by molar-refractivity contribution is 5.58. The number of rotatable bonds is 4. The van der Waals surface area contributed by atoms with E-state index in [1.807, 2.05) is 13.0 Å². The van der Waals surface area contributed by atoms with E-state index in [0.29, 0.717) is 0 Å². The minimum absolute atomic E-state index is 0.0561. The Balaban J connectivity index is 3.26. The minimum atomic E-state index is -0.0561. The number of aryl methyl sites for hydroxylation is 1. The van der Waals surface area contributed by atoms with E-state index in [9.17, 15) is 4.79 Å². The van der Waals surface area contributed by atoms with Crippen molar-refractivity contribution in [3.63, 3.8) is 0 Å². The summed E-state index contributed by atoms with van der Waals surface area (Å²) in [4.78, 5) is 11.7. The predicted octanol–water partition coefficient (Wildman–Crippen LogP) is 1.92. The molecule has 0 saturated heterocycles. The number of allylic oxidation sites excluding steroid dienone is 4. The highest BCUT2D eigenvalue weighted by Gasteiger charge is 1.98. The van der Waals surface area contributed by atoms with E-state index < -0.39 is 0 Å². The van der Waals surface area contributed by atoms with Crippen LogP contribution in [-0.4, -0.2) is 11.6 Å². The van der Waals surface area contributed by atoms with Crippen LogP contribution in [0.4, 0.5) is 0 Å². The molecule has 0 atom stereocenters. The van der Waals surface area contributed by atoms with Gasteiger partial charge in [0.2, 0.25) is 0 Å². The van der Waals surface area contributed by atoms with Gasteiger partial charge in [0.25, 0.3) is 5.56 Å². The maximum Gasteiger partial charge on any atom is 0.255 e. The van der Waals surface area contributed by atoms with E-state index in [1.165, 1.54) is 0 Å². The van der Waals surface area contributed by atoms with Gasteiger partial charge in [-0.1, -0.05) is 18.7 Å². The summed E-state index contributed by atoms with van der Waals surface area (Å²) in [5, 5.41) is 2.89. The lowest BCUT2D eigenvalue weighted by Gasteiger charge is -2.06. The largest absolute Gasteiger partial charge is 0.394 e. The highest BCUT2D eigenvalue weighted by Crippen LogP contribution is 2.04. The van der Waals surface area contributed by atoms with Gasteiger partial charge in [-0.25, -0.2) is 0 Å². The van der Waals surface area contributed by atoms with Crippen molar-refractivity contribution in [1.29, 1.82) is 0 Å². The fraction of sp³-hybridized carbons (Fsp3) is 0.154. The van der Waals surface area contributed by atoms with Gasteiger partial charge in [-0.15, -0.1) is 0 Å². The van der Waals surface area contributed by atoms with Crippen molar-refractivity contribution in [2.24, 2.45) is 0 Å². The Kier molecular flexibility index (Phi) is 4.33. The fourth-order valence-electron chi connectivity index (χ4n) is 1.30. The van der Waals surface area contributed by atoms with Crippen LogP contribution in [0.2, 0.25) is 0 Å². The lowest BCUT2D eigenvalue weighted by atomic mass is 10.3. The van der Waals surface area contributed by atoms with Crippen LogP contribution in [0.5, 0.6) is 0 Å². The van der Waals surface area contributed by atoms with Crippen LogP contribution in [0.3, 0.4) is 0 Å². The molecule has 0 spiro atoms. The number of pyridine rings is 1. The molecule has 0 bridgehead atoms. The van der Waals surface area contributed by atoms with Crippen molar-refractivity contribution >= 4 is 5.70 Å². The molecule has 0 aromatic carbocycles. The van der Waals surface area contributed by atoms with Crippen LogP contribution in [0, 0.1) is 6.92 Å². The first-order valence-electron chi connectivity index (χ1n) is 5.05. The monoisotopic (exact) mass is 216 g/mol. The molecule has 0 aliphatic carbocycles. The van der Waals surface area contributed by atoms with Crippen molar-refractivity contribution < 1.29 is 0 Å². The second-order valence-electron chi connectivity index (χ2n) is 3.36. The number of hydrogen-bond donors (Lipinski definition) is 1. The molecule has 0 unspecified atom stereocenters. The first-order valence-corrected chi connectivity index (χ1v) is 5.05. The topological polar surface area (TPSA) is 34.0 Å². The summed E-state index contributed by atoms with van der Waals surface area (Å²) in [6, 6.07) is 3.35. The zero-order chi connectivity index (χ0) is 12.0. The molecule has 1 aromatic heterocycles. The summed E-state index contributed by atoms with van der Waals surface area (Å²) in [5.74, 6) is 0. The third-order valence-corrected chi connectivity index (χ3v) is 2.05. The van der Waals surface area contributed by atoms with Crippen molar-refractivity contribution in [1.82, 2.24) is 9.88 Å². The molecule has 0 amide bonds. The molecule has 1 rings (SSSR count). The van der Waals surface area contributed by atoms with Gasteiger partial charge in [0, 0.05) is 25.0 Å². The summed E-state index contributed by atoms with van der Waals surface area (Å²) in [6.45, 7) is 5.59. The Bertz CT molecular complexity index is 481. The van der Waals surface area contributed by atoms with Gasteiger partial charge in [0.1, 0.15) is 0 Å². The Morgan fingerprint density at radius 2 is 2.25 bits per heavy atom. The van der Waals surface area contributed by atoms with E-state index >= 15 is 0 Å². The number of nitrogens with zero attached hydrogens (tertiary/aromatic N) is 1. The molecule has 0 fully saturated rings. The summed E-state index contributed by atoms with van der Waals surface area (Å²) in [5.41, 5.74) is 1.75. The van der Waals surface area contributed by atoms with Crippen LogP contribution in [-0.2, 0) is 0 Å². The zero-order valence-electron chi connectivity index (χ0n) is 9.60. The predicted molar refractivity (Wildman–Crippen MR) is 68.1 cm³/mol. The summed E-state index contributed by atoms with van der Waals surface area (Å²) in [7, 11) is 1.81. The maximum absolute atomic E-state index is 11.7. The fourth-order valence-corrected chi connectivity index (χ4v) is 1.30. The standard InChI is InChI=1S/C13H16N2O/c1-4-5-12(8-9-14-3)15-10-11(2)6-7-13(15)16/h4-10,14H,1H2,2-3H3/b9-8-,12-5+. The molecule has 84 valence electrons. The van der Waals surface area contributed by atoms with E-state index in [2.05, 4.69) is 11.9 Å². The Hall–Kier alpha value is -2.03. The summed E-state index contributed by atoms with van der Waals surface area (Å²) < 4.78 is 1.59. The van der Waals surface area contributed by atoms with E-state index in [-0.39, 0.29) is 5.56 Å². The van der Waals surface area contributed by atoms with Crippen LogP contribution in [0.1, 0.15) is 5.56 Å². The molecule has 3 heteroatoms. The second-order valence-corrected chi connectivity index (χ2v) is 3.36. The average molecular weight is 216 g/mol. The molecule has 3 nitrogen and oxygen atoms in total. The van der Waals surface area contributed by atoms with Gasteiger partial charge in [-0.3, -0.25) is 9.36 Å². The van der Waals surface area contributed by atoms with Gasteiger partial charge in [-0.2, -0.15) is 0 Å². The number of hydrogen-bond acceptors (Lipinski definition) is 2. The van der Waals surface area contributed by atoms with Crippen LogP contribution >= 0.6 is 0 Å². The van der Waals surface area contributed by atoms with Gasteiger partial charge in [-0.05, 0) is 30.8 Å². The van der Waals surface area contributed by atoms with Crippen molar-refractivity contribution in [2.75, 3.05) is 7.05 Å². The van der Waals surface area contributed by atoms with Crippen LogP contribution in [0.15, 0.2) is 54.1 Å². The van der Waals surface area contributed by atoms with Crippen LogP contribution in [0.25, 0.3) is 5.70 Å². The molecule has 0 aliphatic heterocycles. The SMILES string of the molecule is C=C/C=C(\C=C/NC)n1cc(C)ccc1=O. The summed E-state index contributed by atoms with van der Waals surface area (Å²) in [6.07, 6.45) is 8.84. The van der Waals surface area contributed by atoms with Gasteiger partial charge in [0.15, 0.2) is 0 Å². The second kappa shape index (κ2) is 5.75. The molecular formula is C13H16N2O. The van der Waals surface area contributed by atoms with Crippen molar-refractivity contribution in [2.45, 2.75) is 6.92 Å². The van der Waals surface area contributed by atoms with Crippen LogP contribution < -0.4 is 10.9 Å². The highest BCUT2D eigenvalue weighted by atomic mass is 16.1. The third kappa shape index (κ3) is 2.98. The molecule has 0 aliphatic rings. The molecule has 1 heterocycles.